The number of carboxylic acids is 4. The molecule has 24 nitrogen and oxygen atoms in total. The normalized spacial score (nSPS) is 9.05. The van der Waals surface area contributed by atoms with Crippen LogP contribution in [0.5, 0.6) is 0 Å². The van der Waals surface area contributed by atoms with Gasteiger partial charge in [0.05, 0.1) is 145 Å². The third-order valence-corrected chi connectivity index (χ3v) is 4.43. The molecule has 0 unspecified atom stereocenters. The number of hydrogen-bond donors (Lipinski definition) is 7. The topological polar surface area (TPSA) is 346 Å². The molecule has 0 aliphatic heterocycles. The number of rotatable bonds is 32. The van der Waals surface area contributed by atoms with Crippen molar-refractivity contribution in [3.8, 4) is 0 Å². The molecular formula is C37H76O24Rh2. The van der Waals surface area contributed by atoms with Gasteiger partial charge < -0.3 is 87.9 Å². The van der Waals surface area contributed by atoms with Crippen molar-refractivity contribution in [1.29, 1.82) is 0 Å². The Bertz CT molecular complexity index is 843. The summed E-state index contributed by atoms with van der Waals surface area (Å²) in [6.45, 7) is 18.2. The Balaban J connectivity index is -0.0000000881. The zero-order valence-electron chi connectivity index (χ0n) is 37.7. The van der Waals surface area contributed by atoms with Gasteiger partial charge >= 0.3 is 11.9 Å². The maximum atomic E-state index is 10.9. The second kappa shape index (κ2) is 79.9. The van der Waals surface area contributed by atoms with Crippen LogP contribution in [0.3, 0.4) is 0 Å². The Labute approximate surface area is 396 Å². The third-order valence-electron chi connectivity index (χ3n) is 4.43. The monoisotopic (exact) mass is 1110 g/mol. The van der Waals surface area contributed by atoms with Gasteiger partial charge in [-0.05, 0) is 13.8 Å². The molecule has 0 amide bonds. The van der Waals surface area contributed by atoms with Crippen molar-refractivity contribution in [1.82, 2.24) is 0 Å². The first-order valence-corrected chi connectivity index (χ1v) is 19.1. The molecular weight excluding hydrogens is 1030 g/mol. The average molecular weight is 1110 g/mol. The molecule has 0 atom stereocenters. The SMILES string of the molecule is CC(=O)O.CC(=O)O.CC(=O)O.CC(=O)O.CCOC(=O)CC.CCOC(=O)COCCOCCOCCOCCOCCO.OCCOCCOCCOCCOCCO.[Rh].[Rh]. The van der Waals surface area contributed by atoms with E-state index in [0.717, 1.165) is 27.7 Å². The minimum atomic E-state index is -0.833. The van der Waals surface area contributed by atoms with Crippen LogP contribution in [-0.2, 0) is 120 Å². The summed E-state index contributed by atoms with van der Waals surface area (Å²) in [4.78, 5) is 57.1. The second-order valence-corrected chi connectivity index (χ2v) is 10.2. The van der Waals surface area contributed by atoms with Crippen molar-refractivity contribution in [2.75, 3.05) is 152 Å². The number of carboxylic acid groups (broad SMARTS) is 4. The van der Waals surface area contributed by atoms with Crippen LogP contribution in [0.4, 0.5) is 0 Å². The summed E-state index contributed by atoms with van der Waals surface area (Å²) in [5.74, 6) is -3.82. The summed E-state index contributed by atoms with van der Waals surface area (Å²) in [5.41, 5.74) is 0. The Morgan fingerprint density at radius 2 is 0.508 bits per heavy atom. The van der Waals surface area contributed by atoms with Crippen LogP contribution < -0.4 is 0 Å². The molecule has 0 saturated carbocycles. The number of aliphatic hydroxyl groups excluding tert-OH is 3. The fourth-order valence-electron chi connectivity index (χ4n) is 2.46. The fourth-order valence-corrected chi connectivity index (χ4v) is 2.46. The number of aliphatic hydroxyl groups is 3. The molecule has 63 heavy (non-hydrogen) atoms. The number of esters is 2. The van der Waals surface area contributed by atoms with Crippen LogP contribution in [0, 0.1) is 0 Å². The zero-order chi connectivity index (χ0) is 48.2. The number of ether oxygens (including phenoxy) is 11. The molecule has 0 rings (SSSR count). The molecule has 0 bridgehead atoms. The maximum Gasteiger partial charge on any atom is 0.332 e. The van der Waals surface area contributed by atoms with Crippen LogP contribution in [0.15, 0.2) is 0 Å². The van der Waals surface area contributed by atoms with E-state index >= 15 is 0 Å². The molecule has 0 heterocycles. The van der Waals surface area contributed by atoms with Crippen molar-refractivity contribution in [3.05, 3.63) is 0 Å². The third kappa shape index (κ3) is 156. The Morgan fingerprint density at radius 3 is 0.667 bits per heavy atom. The predicted octanol–water partition coefficient (Wildman–Crippen LogP) is -0.0197. The van der Waals surface area contributed by atoms with Crippen LogP contribution in [0.2, 0.25) is 0 Å². The van der Waals surface area contributed by atoms with Gasteiger partial charge in [0.1, 0.15) is 6.61 Å². The van der Waals surface area contributed by atoms with E-state index < -0.39 is 23.9 Å². The van der Waals surface area contributed by atoms with Crippen LogP contribution in [-0.4, -0.2) is 224 Å². The zero-order valence-corrected chi connectivity index (χ0v) is 41.0. The van der Waals surface area contributed by atoms with Gasteiger partial charge in [-0.15, -0.1) is 0 Å². The molecule has 2 radical (unpaired) electrons. The van der Waals surface area contributed by atoms with Crippen molar-refractivity contribution in [2.24, 2.45) is 0 Å². The first-order chi connectivity index (χ1) is 29.0. The fraction of sp³-hybridized carbons (Fsp3) is 0.838. The van der Waals surface area contributed by atoms with E-state index in [-0.39, 0.29) is 77.3 Å². The molecule has 0 saturated heterocycles. The van der Waals surface area contributed by atoms with Gasteiger partial charge in [0, 0.05) is 73.1 Å². The largest absolute Gasteiger partial charge is 0.481 e. The van der Waals surface area contributed by atoms with Gasteiger partial charge in [-0.1, -0.05) is 6.92 Å². The summed E-state index contributed by atoms with van der Waals surface area (Å²) in [7, 11) is 0. The molecule has 386 valence electrons. The van der Waals surface area contributed by atoms with Gasteiger partial charge in [-0.2, -0.15) is 0 Å². The minimum absolute atomic E-state index is 0. The van der Waals surface area contributed by atoms with E-state index in [0.29, 0.717) is 132 Å². The van der Waals surface area contributed by atoms with Crippen molar-refractivity contribution < 1.29 is 156 Å². The van der Waals surface area contributed by atoms with Crippen molar-refractivity contribution in [2.45, 2.75) is 54.9 Å². The molecule has 26 heteroatoms. The Morgan fingerprint density at radius 1 is 0.333 bits per heavy atom. The van der Waals surface area contributed by atoms with E-state index in [4.69, 9.17) is 102 Å². The minimum Gasteiger partial charge on any atom is -0.481 e. The number of aliphatic carboxylic acids is 4. The smallest absolute Gasteiger partial charge is 0.332 e. The van der Waals surface area contributed by atoms with Crippen LogP contribution >= 0.6 is 0 Å². The van der Waals surface area contributed by atoms with Crippen LogP contribution in [0.25, 0.3) is 0 Å². The molecule has 0 aliphatic rings. The molecule has 0 aromatic heterocycles. The van der Waals surface area contributed by atoms with E-state index in [2.05, 4.69) is 4.74 Å². The van der Waals surface area contributed by atoms with Gasteiger partial charge in [0.15, 0.2) is 0 Å². The van der Waals surface area contributed by atoms with Crippen LogP contribution in [0.1, 0.15) is 54.9 Å². The Hall–Kier alpha value is -2.41. The summed E-state index contributed by atoms with van der Waals surface area (Å²) >= 11 is 0. The van der Waals surface area contributed by atoms with E-state index in [1.54, 1.807) is 20.8 Å². The van der Waals surface area contributed by atoms with Crippen molar-refractivity contribution in [3.63, 3.8) is 0 Å². The molecule has 7 N–H and O–H groups in total. The first kappa shape index (κ1) is 80.8. The molecule has 0 aromatic carbocycles. The molecule has 0 fully saturated rings. The van der Waals surface area contributed by atoms with Gasteiger partial charge in [0.2, 0.25) is 0 Å². The molecule has 0 aromatic rings. The quantitative estimate of drug-likeness (QED) is 0.0264. The first-order valence-electron chi connectivity index (χ1n) is 19.1. The predicted molar refractivity (Wildman–Crippen MR) is 215 cm³/mol. The number of carbonyl (C=O) groups is 6. The van der Waals surface area contributed by atoms with Gasteiger partial charge in [-0.25, -0.2) is 4.79 Å². The summed E-state index contributed by atoms with van der Waals surface area (Å²) in [6.07, 6.45) is 0.480. The Kier molecular flexibility index (Phi) is 103. The van der Waals surface area contributed by atoms with Crippen molar-refractivity contribution >= 4 is 35.8 Å². The van der Waals surface area contributed by atoms with Gasteiger partial charge in [0.25, 0.3) is 23.9 Å². The molecule has 0 spiro atoms. The molecule has 0 aliphatic carbocycles. The van der Waals surface area contributed by atoms with E-state index in [1.807, 2.05) is 0 Å². The van der Waals surface area contributed by atoms with E-state index in [9.17, 15) is 9.59 Å². The standard InChI is InChI=1S/C14H28O8.C10H22O6.C5H10O2.4C2H4O2.2Rh/c1-2-22-14(16)13-21-12-11-20-10-9-19-8-7-18-6-5-17-4-3-15;11-1-3-13-5-7-15-9-10-16-8-6-14-4-2-12;1-3-5(6)7-4-2;4*1-2(3)4;;/h15H,2-13H2,1H3;11-12H,1-10H2;3-4H2,1-2H3;4*1H3,(H,3,4);;. The summed E-state index contributed by atoms with van der Waals surface area (Å²) in [6, 6.07) is 0. The second-order valence-electron chi connectivity index (χ2n) is 10.2. The number of carbonyl (C=O) groups excluding carboxylic acids is 2. The maximum absolute atomic E-state index is 10.9. The summed E-state index contributed by atoms with van der Waals surface area (Å²) in [5, 5.41) is 55.0. The van der Waals surface area contributed by atoms with Gasteiger partial charge in [-0.3, -0.25) is 24.0 Å². The van der Waals surface area contributed by atoms with E-state index in [1.165, 1.54) is 0 Å². The summed E-state index contributed by atoms with van der Waals surface area (Å²) < 4.78 is 55.5. The average Bonchev–Trinajstić information content (AvgIpc) is 3.16. The number of hydrogen-bond acceptors (Lipinski definition) is 20.